The van der Waals surface area contributed by atoms with Crippen LogP contribution in [0.3, 0.4) is 0 Å². The summed E-state index contributed by atoms with van der Waals surface area (Å²) in [7, 11) is 0. The summed E-state index contributed by atoms with van der Waals surface area (Å²) < 4.78 is 3.57. The minimum Gasteiger partial charge on any atom is -0.340 e. The molecule has 4 heterocycles. The molecule has 0 N–H and O–H groups in total. The first kappa shape index (κ1) is 24.1. The van der Waals surface area contributed by atoms with Gasteiger partial charge in [-0.3, -0.25) is 9.69 Å². The first-order valence-corrected chi connectivity index (χ1v) is 12.8. The van der Waals surface area contributed by atoms with Crippen molar-refractivity contribution in [1.29, 1.82) is 0 Å². The fourth-order valence-electron chi connectivity index (χ4n) is 5.10. The minimum absolute atomic E-state index is 0.217. The standard InChI is InChI=1S/C27H34N8O/c1-5-22-8-6-7-9-23(22)18-32-14-16-33(17-15-32)27(36)13-10-24-19(2)30-34(20(24)3)26-12-11-25-29-28-21(4)35(25)31-26/h6-9,11-12H,5,10,13-18H2,1-4H3. The molecule has 0 saturated carbocycles. The molecule has 0 radical (unpaired) electrons. The normalized spacial score (nSPS) is 14.6. The number of fused-ring (bicyclic) bond motifs is 1. The molecule has 188 valence electrons. The predicted molar refractivity (Wildman–Crippen MR) is 138 cm³/mol. The lowest BCUT2D eigenvalue weighted by atomic mass is 10.0. The van der Waals surface area contributed by atoms with Gasteiger partial charge in [-0.05, 0) is 62.4 Å². The van der Waals surface area contributed by atoms with E-state index in [0.717, 1.165) is 61.9 Å². The summed E-state index contributed by atoms with van der Waals surface area (Å²) in [6, 6.07) is 12.5. The summed E-state index contributed by atoms with van der Waals surface area (Å²) in [4.78, 5) is 17.5. The Morgan fingerprint density at radius 1 is 0.917 bits per heavy atom. The quantitative estimate of drug-likeness (QED) is 0.399. The van der Waals surface area contributed by atoms with Crippen molar-refractivity contribution in [1.82, 2.24) is 39.4 Å². The summed E-state index contributed by atoms with van der Waals surface area (Å²) in [6.45, 7) is 12.5. The number of piperazine rings is 1. The predicted octanol–water partition coefficient (Wildman–Crippen LogP) is 3.07. The number of aryl methyl sites for hydroxylation is 3. The molecular formula is C27H34N8O. The van der Waals surface area contributed by atoms with E-state index in [1.54, 1.807) is 4.52 Å². The maximum absolute atomic E-state index is 13.0. The van der Waals surface area contributed by atoms with Crippen LogP contribution in [0.4, 0.5) is 0 Å². The molecule has 0 aliphatic carbocycles. The molecule has 9 nitrogen and oxygen atoms in total. The maximum Gasteiger partial charge on any atom is 0.222 e. The Morgan fingerprint density at radius 2 is 1.67 bits per heavy atom. The van der Waals surface area contributed by atoms with E-state index in [1.807, 2.05) is 42.5 Å². The van der Waals surface area contributed by atoms with Crippen molar-refractivity contribution in [2.75, 3.05) is 26.2 Å². The number of rotatable bonds is 7. The third-order valence-corrected chi connectivity index (χ3v) is 7.27. The first-order valence-electron chi connectivity index (χ1n) is 12.8. The zero-order chi connectivity index (χ0) is 25.2. The van der Waals surface area contributed by atoms with Gasteiger partial charge in [0.2, 0.25) is 5.91 Å². The van der Waals surface area contributed by atoms with E-state index < -0.39 is 0 Å². The van der Waals surface area contributed by atoms with Crippen molar-refractivity contribution in [3.8, 4) is 5.82 Å². The zero-order valence-electron chi connectivity index (χ0n) is 21.6. The zero-order valence-corrected chi connectivity index (χ0v) is 21.6. The fourth-order valence-corrected chi connectivity index (χ4v) is 5.10. The number of carbonyl (C=O) groups excluding carboxylic acids is 1. The average Bonchev–Trinajstić information content (AvgIpc) is 3.41. The van der Waals surface area contributed by atoms with Crippen LogP contribution in [0.25, 0.3) is 11.5 Å². The highest BCUT2D eigenvalue weighted by atomic mass is 16.2. The monoisotopic (exact) mass is 486 g/mol. The largest absolute Gasteiger partial charge is 0.340 e. The van der Waals surface area contributed by atoms with E-state index >= 15 is 0 Å². The van der Waals surface area contributed by atoms with Gasteiger partial charge in [0.05, 0.1) is 5.69 Å². The summed E-state index contributed by atoms with van der Waals surface area (Å²) in [5.41, 5.74) is 6.57. The van der Waals surface area contributed by atoms with Gasteiger partial charge in [-0.1, -0.05) is 31.2 Å². The fraction of sp³-hybridized carbons (Fsp3) is 0.444. The van der Waals surface area contributed by atoms with Crippen LogP contribution >= 0.6 is 0 Å². The third kappa shape index (κ3) is 4.75. The third-order valence-electron chi connectivity index (χ3n) is 7.27. The summed E-state index contributed by atoms with van der Waals surface area (Å²) >= 11 is 0. The molecule has 1 aliphatic heterocycles. The molecule has 0 spiro atoms. The molecule has 4 aromatic rings. The van der Waals surface area contributed by atoms with Crippen molar-refractivity contribution in [2.24, 2.45) is 0 Å². The molecule has 36 heavy (non-hydrogen) atoms. The molecule has 1 aromatic carbocycles. The van der Waals surface area contributed by atoms with E-state index in [0.29, 0.717) is 24.3 Å². The van der Waals surface area contributed by atoms with Crippen LogP contribution < -0.4 is 0 Å². The van der Waals surface area contributed by atoms with E-state index in [-0.39, 0.29) is 5.91 Å². The second-order valence-corrected chi connectivity index (χ2v) is 9.55. The Morgan fingerprint density at radius 3 is 2.42 bits per heavy atom. The maximum atomic E-state index is 13.0. The highest BCUT2D eigenvalue weighted by Gasteiger charge is 2.23. The van der Waals surface area contributed by atoms with Crippen LogP contribution in [0.5, 0.6) is 0 Å². The molecule has 1 amide bonds. The number of nitrogens with zero attached hydrogens (tertiary/aromatic N) is 8. The number of benzene rings is 1. The number of aromatic nitrogens is 6. The topological polar surface area (TPSA) is 84.5 Å². The van der Waals surface area contributed by atoms with E-state index in [9.17, 15) is 4.79 Å². The molecule has 0 bridgehead atoms. The van der Waals surface area contributed by atoms with Crippen LogP contribution in [0.15, 0.2) is 36.4 Å². The van der Waals surface area contributed by atoms with Crippen LogP contribution in [0.2, 0.25) is 0 Å². The molecule has 3 aromatic heterocycles. The van der Waals surface area contributed by atoms with Crippen molar-refractivity contribution in [3.63, 3.8) is 0 Å². The lowest BCUT2D eigenvalue weighted by molar-refractivity contribution is -0.133. The molecule has 1 saturated heterocycles. The number of carbonyl (C=O) groups is 1. The van der Waals surface area contributed by atoms with E-state index in [4.69, 9.17) is 5.10 Å². The van der Waals surface area contributed by atoms with Gasteiger partial charge in [-0.2, -0.15) is 9.61 Å². The summed E-state index contributed by atoms with van der Waals surface area (Å²) in [5.74, 6) is 1.66. The molecule has 0 atom stereocenters. The van der Waals surface area contributed by atoms with Crippen molar-refractivity contribution < 1.29 is 4.79 Å². The van der Waals surface area contributed by atoms with E-state index in [2.05, 4.69) is 51.4 Å². The van der Waals surface area contributed by atoms with E-state index in [1.165, 1.54) is 11.1 Å². The smallest absolute Gasteiger partial charge is 0.222 e. The minimum atomic E-state index is 0.217. The highest BCUT2D eigenvalue weighted by molar-refractivity contribution is 5.76. The van der Waals surface area contributed by atoms with Crippen LogP contribution in [-0.4, -0.2) is 71.5 Å². The van der Waals surface area contributed by atoms with Crippen LogP contribution in [0, 0.1) is 20.8 Å². The Labute approximate surface area is 211 Å². The Hall–Kier alpha value is -3.59. The van der Waals surface area contributed by atoms with Crippen molar-refractivity contribution in [2.45, 2.75) is 53.5 Å². The van der Waals surface area contributed by atoms with Crippen molar-refractivity contribution in [3.05, 3.63) is 70.3 Å². The molecule has 5 rings (SSSR count). The average molecular weight is 487 g/mol. The molecule has 0 unspecified atom stereocenters. The van der Waals surface area contributed by atoms with Gasteiger partial charge < -0.3 is 4.90 Å². The Balaban J connectivity index is 1.19. The van der Waals surface area contributed by atoms with Gasteiger partial charge in [-0.25, -0.2) is 4.68 Å². The highest BCUT2D eigenvalue weighted by Crippen LogP contribution is 2.20. The number of hydrogen-bond acceptors (Lipinski definition) is 6. The lowest BCUT2D eigenvalue weighted by Crippen LogP contribution is -2.48. The second kappa shape index (κ2) is 10.2. The van der Waals surface area contributed by atoms with Gasteiger partial charge in [0, 0.05) is 44.8 Å². The summed E-state index contributed by atoms with van der Waals surface area (Å²) in [5, 5.41) is 17.6. The Bertz CT molecular complexity index is 1380. The summed E-state index contributed by atoms with van der Waals surface area (Å²) in [6.07, 6.45) is 2.21. The van der Waals surface area contributed by atoms with Gasteiger partial charge in [0.25, 0.3) is 0 Å². The van der Waals surface area contributed by atoms with Gasteiger partial charge in [-0.15, -0.1) is 15.3 Å². The van der Waals surface area contributed by atoms with Crippen LogP contribution in [0.1, 0.15) is 47.2 Å². The van der Waals surface area contributed by atoms with Crippen molar-refractivity contribution >= 4 is 11.6 Å². The molecular weight excluding hydrogens is 452 g/mol. The SMILES string of the molecule is CCc1ccccc1CN1CCN(C(=O)CCc2c(C)nn(-c3ccc4nnc(C)n4n3)c2C)CC1. The van der Waals surface area contributed by atoms with Crippen LogP contribution in [-0.2, 0) is 24.2 Å². The molecule has 1 aliphatic rings. The second-order valence-electron chi connectivity index (χ2n) is 9.55. The molecule has 9 heteroatoms. The van der Waals surface area contributed by atoms with Gasteiger partial charge >= 0.3 is 0 Å². The number of hydrogen-bond donors (Lipinski definition) is 0. The first-order chi connectivity index (χ1) is 17.4. The lowest BCUT2D eigenvalue weighted by Gasteiger charge is -2.35. The van der Waals surface area contributed by atoms with Gasteiger partial charge in [0.15, 0.2) is 17.3 Å². The number of amides is 1. The molecule has 1 fully saturated rings. The van der Waals surface area contributed by atoms with Gasteiger partial charge in [0.1, 0.15) is 0 Å². The Kier molecular flexibility index (Phi) is 6.82.